The molecule has 96 valence electrons. The summed E-state index contributed by atoms with van der Waals surface area (Å²) in [5.74, 6) is 0. The lowest BCUT2D eigenvalue weighted by atomic mass is 9.91. The Morgan fingerprint density at radius 3 is 2.41 bits per heavy atom. The van der Waals surface area contributed by atoms with Gasteiger partial charge in [0, 0.05) is 35.6 Å². The topological polar surface area (TPSA) is 15.3 Å². The van der Waals surface area contributed by atoms with Crippen molar-refractivity contribution in [2.45, 2.75) is 45.2 Å². The average Bonchev–Trinajstić information content (AvgIpc) is 2.61. The quantitative estimate of drug-likeness (QED) is 0.890. The van der Waals surface area contributed by atoms with Crippen molar-refractivity contribution in [1.82, 2.24) is 10.2 Å². The first-order valence-corrected chi connectivity index (χ1v) is 7.28. The van der Waals surface area contributed by atoms with Gasteiger partial charge in [0.2, 0.25) is 0 Å². The molecular formula is C14H24N2S. The number of nitrogens with zero attached hydrogens (tertiary/aromatic N) is 1. The zero-order valence-electron chi connectivity index (χ0n) is 11.4. The summed E-state index contributed by atoms with van der Waals surface area (Å²) in [5, 5.41) is 5.88. The van der Waals surface area contributed by atoms with Crippen LogP contribution in [0, 0.1) is 0 Å². The maximum atomic E-state index is 3.72. The van der Waals surface area contributed by atoms with Crippen molar-refractivity contribution in [1.29, 1.82) is 0 Å². The van der Waals surface area contributed by atoms with Crippen LogP contribution in [0.15, 0.2) is 17.5 Å². The number of thiophene rings is 1. The molecule has 1 aromatic heterocycles. The first kappa shape index (κ1) is 13.1. The number of hydrogen-bond acceptors (Lipinski definition) is 3. The molecule has 0 atom stereocenters. The molecule has 2 heterocycles. The molecule has 2 rings (SSSR count). The molecule has 0 saturated carbocycles. The summed E-state index contributed by atoms with van der Waals surface area (Å²) in [6.45, 7) is 12.6. The van der Waals surface area contributed by atoms with Gasteiger partial charge in [-0.05, 0) is 45.6 Å². The van der Waals surface area contributed by atoms with E-state index in [4.69, 9.17) is 0 Å². The van der Waals surface area contributed by atoms with Crippen molar-refractivity contribution >= 4 is 11.3 Å². The molecule has 1 saturated heterocycles. The van der Waals surface area contributed by atoms with Gasteiger partial charge in [-0.25, -0.2) is 0 Å². The predicted octanol–water partition coefficient (Wildman–Crippen LogP) is 2.75. The van der Waals surface area contributed by atoms with Gasteiger partial charge in [-0.2, -0.15) is 0 Å². The third-order valence-corrected chi connectivity index (χ3v) is 4.11. The smallest absolute Gasteiger partial charge is 0.0257 e. The van der Waals surface area contributed by atoms with Gasteiger partial charge in [-0.3, -0.25) is 4.90 Å². The summed E-state index contributed by atoms with van der Waals surface area (Å²) < 4.78 is 0. The van der Waals surface area contributed by atoms with Crippen molar-refractivity contribution < 1.29 is 0 Å². The molecule has 1 aromatic rings. The Hall–Kier alpha value is -0.380. The highest BCUT2D eigenvalue weighted by atomic mass is 32.1. The first-order chi connectivity index (χ1) is 7.86. The largest absolute Gasteiger partial charge is 0.304 e. The van der Waals surface area contributed by atoms with Gasteiger partial charge in [-0.1, -0.05) is 6.07 Å². The van der Waals surface area contributed by atoms with E-state index in [9.17, 15) is 0 Å². The average molecular weight is 252 g/mol. The molecule has 0 unspecified atom stereocenters. The van der Waals surface area contributed by atoms with Crippen LogP contribution < -0.4 is 5.32 Å². The molecule has 0 radical (unpaired) electrons. The zero-order valence-corrected chi connectivity index (χ0v) is 12.2. The molecule has 1 fully saturated rings. The van der Waals surface area contributed by atoms with Gasteiger partial charge >= 0.3 is 0 Å². The fourth-order valence-corrected chi connectivity index (χ4v) is 3.75. The van der Waals surface area contributed by atoms with Crippen molar-refractivity contribution in [2.75, 3.05) is 19.6 Å². The molecular weight excluding hydrogens is 228 g/mol. The van der Waals surface area contributed by atoms with Crippen molar-refractivity contribution in [3.05, 3.63) is 22.4 Å². The van der Waals surface area contributed by atoms with Gasteiger partial charge in [0.25, 0.3) is 0 Å². The summed E-state index contributed by atoms with van der Waals surface area (Å²) >= 11 is 1.87. The van der Waals surface area contributed by atoms with Crippen LogP contribution in [-0.2, 0) is 6.42 Å². The standard InChI is InChI=1S/C14H24N2S/c1-13(2)10-16(11-14(3,4)15-13)8-7-12-6-5-9-17-12/h5-6,9,15H,7-8,10-11H2,1-4H3. The van der Waals surface area contributed by atoms with Gasteiger partial charge in [0.15, 0.2) is 0 Å². The highest BCUT2D eigenvalue weighted by Gasteiger charge is 2.35. The second-order valence-corrected chi connectivity index (χ2v) is 7.47. The van der Waals surface area contributed by atoms with E-state index in [2.05, 4.69) is 55.4 Å². The van der Waals surface area contributed by atoms with Crippen LogP contribution in [-0.4, -0.2) is 35.6 Å². The molecule has 1 aliphatic heterocycles. The summed E-state index contributed by atoms with van der Waals surface area (Å²) in [6, 6.07) is 4.38. The zero-order chi connectivity index (χ0) is 12.5. The Bertz CT molecular complexity index is 338. The molecule has 1 aliphatic rings. The maximum Gasteiger partial charge on any atom is 0.0257 e. The van der Waals surface area contributed by atoms with Crippen molar-refractivity contribution in [2.24, 2.45) is 0 Å². The van der Waals surface area contributed by atoms with Crippen LogP contribution in [0.3, 0.4) is 0 Å². The summed E-state index contributed by atoms with van der Waals surface area (Å²) in [7, 11) is 0. The van der Waals surface area contributed by atoms with E-state index >= 15 is 0 Å². The molecule has 2 nitrogen and oxygen atoms in total. The molecule has 0 spiro atoms. The Morgan fingerprint density at radius 2 is 1.88 bits per heavy atom. The molecule has 0 aromatic carbocycles. The molecule has 0 amide bonds. The fourth-order valence-electron chi connectivity index (χ4n) is 3.05. The Kier molecular flexibility index (Phi) is 3.62. The van der Waals surface area contributed by atoms with Gasteiger partial charge in [0.05, 0.1) is 0 Å². The second kappa shape index (κ2) is 4.71. The van der Waals surface area contributed by atoms with Crippen LogP contribution in [0.5, 0.6) is 0 Å². The Labute approximate surface area is 109 Å². The Balaban J connectivity index is 1.92. The number of piperazine rings is 1. The van der Waals surface area contributed by atoms with E-state index in [0.717, 1.165) is 13.1 Å². The van der Waals surface area contributed by atoms with E-state index in [1.54, 1.807) is 0 Å². The summed E-state index contributed by atoms with van der Waals surface area (Å²) in [4.78, 5) is 4.09. The van der Waals surface area contributed by atoms with Crippen LogP contribution in [0.2, 0.25) is 0 Å². The Morgan fingerprint density at radius 1 is 1.24 bits per heavy atom. The van der Waals surface area contributed by atoms with E-state index < -0.39 is 0 Å². The lowest BCUT2D eigenvalue weighted by Crippen LogP contribution is -2.66. The minimum absolute atomic E-state index is 0.219. The lowest BCUT2D eigenvalue weighted by molar-refractivity contribution is 0.0793. The van der Waals surface area contributed by atoms with Crippen molar-refractivity contribution in [3.63, 3.8) is 0 Å². The maximum absolute atomic E-state index is 3.72. The molecule has 0 bridgehead atoms. The predicted molar refractivity (Wildman–Crippen MR) is 75.8 cm³/mol. The number of rotatable bonds is 3. The van der Waals surface area contributed by atoms with Gasteiger partial charge in [-0.15, -0.1) is 11.3 Å². The third-order valence-electron chi connectivity index (χ3n) is 3.17. The third kappa shape index (κ3) is 3.80. The fraction of sp³-hybridized carbons (Fsp3) is 0.714. The number of hydrogen-bond donors (Lipinski definition) is 1. The molecule has 17 heavy (non-hydrogen) atoms. The summed E-state index contributed by atoms with van der Waals surface area (Å²) in [6.07, 6.45) is 1.18. The van der Waals surface area contributed by atoms with Crippen molar-refractivity contribution in [3.8, 4) is 0 Å². The first-order valence-electron chi connectivity index (χ1n) is 6.40. The van der Waals surface area contributed by atoms with Crippen LogP contribution >= 0.6 is 11.3 Å². The van der Waals surface area contributed by atoms with Crippen LogP contribution in [0.1, 0.15) is 32.6 Å². The summed E-state index contributed by atoms with van der Waals surface area (Å²) in [5.41, 5.74) is 0.439. The van der Waals surface area contributed by atoms with E-state index in [1.165, 1.54) is 17.8 Å². The van der Waals surface area contributed by atoms with Crippen LogP contribution in [0.4, 0.5) is 0 Å². The van der Waals surface area contributed by atoms with Gasteiger partial charge < -0.3 is 5.32 Å². The lowest BCUT2D eigenvalue weighted by Gasteiger charge is -2.48. The van der Waals surface area contributed by atoms with E-state index in [1.807, 2.05) is 11.3 Å². The number of nitrogens with one attached hydrogen (secondary N) is 1. The minimum atomic E-state index is 0.219. The van der Waals surface area contributed by atoms with E-state index in [-0.39, 0.29) is 11.1 Å². The molecule has 0 aliphatic carbocycles. The van der Waals surface area contributed by atoms with E-state index in [0.29, 0.717) is 0 Å². The SMILES string of the molecule is CC1(C)CN(CCc2cccs2)CC(C)(C)N1. The molecule has 1 N–H and O–H groups in total. The normalized spacial score (nSPS) is 23.8. The minimum Gasteiger partial charge on any atom is -0.304 e. The monoisotopic (exact) mass is 252 g/mol. The highest BCUT2D eigenvalue weighted by Crippen LogP contribution is 2.21. The highest BCUT2D eigenvalue weighted by molar-refractivity contribution is 7.09. The second-order valence-electron chi connectivity index (χ2n) is 6.43. The van der Waals surface area contributed by atoms with Crippen LogP contribution in [0.25, 0.3) is 0 Å². The van der Waals surface area contributed by atoms with Gasteiger partial charge in [0.1, 0.15) is 0 Å². The molecule has 3 heteroatoms.